The molecule has 1 atom stereocenters. The average Bonchev–Trinajstić information content (AvgIpc) is 2.79. The molecule has 3 aromatic carbocycles. The fraction of sp³-hybridized carbons (Fsp3) is 0.360. The minimum absolute atomic E-state index is 0.180. The molecule has 1 N–H and O–H groups in total. The van der Waals surface area contributed by atoms with Gasteiger partial charge in [-0.2, -0.15) is 0 Å². The molecule has 4 nitrogen and oxygen atoms in total. The van der Waals surface area contributed by atoms with Crippen LogP contribution in [0.25, 0.3) is 10.8 Å². The Labute approximate surface area is 173 Å². The van der Waals surface area contributed by atoms with Crippen LogP contribution in [0.4, 0.5) is 0 Å². The summed E-state index contributed by atoms with van der Waals surface area (Å²) in [6, 6.07) is 23.7. The minimum Gasteiger partial charge on any atom is -0.496 e. The summed E-state index contributed by atoms with van der Waals surface area (Å²) in [7, 11) is 1.76. The summed E-state index contributed by atoms with van der Waals surface area (Å²) < 4.78 is 11.3. The van der Waals surface area contributed by atoms with Crippen molar-refractivity contribution >= 4 is 10.8 Å². The van der Waals surface area contributed by atoms with Crippen LogP contribution in [-0.4, -0.2) is 51.4 Å². The highest BCUT2D eigenvalue weighted by Gasteiger charge is 2.20. The Bertz CT molecular complexity index is 907. The lowest BCUT2D eigenvalue weighted by atomic mass is 9.93. The van der Waals surface area contributed by atoms with Gasteiger partial charge in [0.05, 0.1) is 20.3 Å². The minimum atomic E-state index is 0.180. The molecule has 0 spiro atoms. The van der Waals surface area contributed by atoms with Crippen molar-refractivity contribution in [1.29, 1.82) is 0 Å². The smallest absolute Gasteiger partial charge is 0.124 e. The van der Waals surface area contributed by atoms with E-state index in [0.717, 1.165) is 51.6 Å². The second kappa shape index (κ2) is 9.88. The molecule has 3 aromatic rings. The van der Waals surface area contributed by atoms with Crippen LogP contribution < -0.4 is 10.1 Å². The van der Waals surface area contributed by atoms with E-state index in [9.17, 15) is 0 Å². The normalized spacial score (nSPS) is 16.0. The Hall–Kier alpha value is -2.40. The van der Waals surface area contributed by atoms with Crippen LogP contribution in [0.15, 0.2) is 66.7 Å². The number of morpholine rings is 1. The number of nitrogens with one attached hydrogen (secondary N) is 1. The summed E-state index contributed by atoms with van der Waals surface area (Å²) in [6.07, 6.45) is 0.925. The predicted molar refractivity (Wildman–Crippen MR) is 119 cm³/mol. The van der Waals surface area contributed by atoms with E-state index < -0.39 is 0 Å². The van der Waals surface area contributed by atoms with Crippen molar-refractivity contribution in [2.45, 2.75) is 12.5 Å². The molecule has 1 aliphatic heterocycles. The molecule has 0 saturated carbocycles. The van der Waals surface area contributed by atoms with Gasteiger partial charge in [0.1, 0.15) is 5.75 Å². The van der Waals surface area contributed by atoms with E-state index in [1.54, 1.807) is 7.11 Å². The molecule has 0 radical (unpaired) electrons. The van der Waals surface area contributed by atoms with Gasteiger partial charge in [-0.25, -0.2) is 0 Å². The summed E-state index contributed by atoms with van der Waals surface area (Å²) in [4.78, 5) is 2.47. The first kappa shape index (κ1) is 19.9. The van der Waals surface area contributed by atoms with E-state index in [0.29, 0.717) is 0 Å². The zero-order chi connectivity index (χ0) is 19.9. The highest BCUT2D eigenvalue weighted by molar-refractivity contribution is 5.88. The fourth-order valence-electron chi connectivity index (χ4n) is 4.16. The lowest BCUT2D eigenvalue weighted by Gasteiger charge is -2.28. The average molecular weight is 391 g/mol. The molecule has 0 aromatic heterocycles. The van der Waals surface area contributed by atoms with Gasteiger partial charge in [0.2, 0.25) is 0 Å². The van der Waals surface area contributed by atoms with Crippen molar-refractivity contribution < 1.29 is 9.47 Å². The van der Waals surface area contributed by atoms with Crippen molar-refractivity contribution in [3.8, 4) is 5.75 Å². The summed E-state index contributed by atoms with van der Waals surface area (Å²) in [6.45, 7) is 5.67. The van der Waals surface area contributed by atoms with E-state index in [-0.39, 0.29) is 6.04 Å². The van der Waals surface area contributed by atoms with E-state index in [1.165, 1.54) is 21.9 Å². The molecule has 1 saturated heterocycles. The van der Waals surface area contributed by atoms with E-state index in [4.69, 9.17) is 9.47 Å². The van der Waals surface area contributed by atoms with Crippen LogP contribution >= 0.6 is 0 Å². The van der Waals surface area contributed by atoms with Gasteiger partial charge < -0.3 is 14.8 Å². The Morgan fingerprint density at radius 3 is 2.52 bits per heavy atom. The van der Waals surface area contributed by atoms with Gasteiger partial charge in [-0.1, -0.05) is 60.7 Å². The van der Waals surface area contributed by atoms with Crippen LogP contribution in [0.2, 0.25) is 0 Å². The highest BCUT2D eigenvalue weighted by atomic mass is 16.5. The summed E-state index contributed by atoms with van der Waals surface area (Å²) >= 11 is 0. The van der Waals surface area contributed by atoms with Gasteiger partial charge in [-0.3, -0.25) is 4.90 Å². The second-order valence-corrected chi connectivity index (χ2v) is 7.55. The maximum Gasteiger partial charge on any atom is 0.124 e. The highest BCUT2D eigenvalue weighted by Crippen LogP contribution is 2.34. The predicted octanol–water partition coefficient (Wildman–Crippen LogP) is 4.05. The van der Waals surface area contributed by atoms with Gasteiger partial charge in [0.25, 0.3) is 0 Å². The van der Waals surface area contributed by atoms with Gasteiger partial charge in [0, 0.05) is 37.8 Å². The van der Waals surface area contributed by atoms with Crippen molar-refractivity contribution in [2.24, 2.45) is 0 Å². The SMILES string of the molecule is COc1ccc2ccccc2c1C(Cc1ccccc1)NCCN1CCOCC1. The Morgan fingerprint density at radius 1 is 0.966 bits per heavy atom. The molecule has 1 fully saturated rings. The number of benzene rings is 3. The van der Waals surface area contributed by atoms with Crippen LogP contribution in [0.1, 0.15) is 17.2 Å². The topological polar surface area (TPSA) is 33.7 Å². The molecule has 1 aliphatic rings. The molecule has 4 heteroatoms. The number of fused-ring (bicyclic) bond motifs is 1. The van der Waals surface area contributed by atoms with E-state index >= 15 is 0 Å². The van der Waals surface area contributed by atoms with Crippen molar-refractivity contribution in [2.75, 3.05) is 46.5 Å². The maximum absolute atomic E-state index is 5.80. The molecule has 1 heterocycles. The number of ether oxygens (including phenoxy) is 2. The number of nitrogens with zero attached hydrogens (tertiary/aromatic N) is 1. The molecule has 29 heavy (non-hydrogen) atoms. The first-order valence-electron chi connectivity index (χ1n) is 10.5. The van der Waals surface area contributed by atoms with Gasteiger partial charge in [-0.15, -0.1) is 0 Å². The quantitative estimate of drug-likeness (QED) is 0.629. The third-order valence-corrected chi connectivity index (χ3v) is 5.70. The van der Waals surface area contributed by atoms with E-state index in [2.05, 4.69) is 76.9 Å². The maximum atomic E-state index is 5.80. The zero-order valence-electron chi connectivity index (χ0n) is 17.1. The lowest BCUT2D eigenvalue weighted by molar-refractivity contribution is 0.0381. The second-order valence-electron chi connectivity index (χ2n) is 7.55. The number of methoxy groups -OCH3 is 1. The summed E-state index contributed by atoms with van der Waals surface area (Å²) in [5.74, 6) is 0.948. The Kier molecular flexibility index (Phi) is 6.78. The molecular weight excluding hydrogens is 360 g/mol. The molecule has 0 bridgehead atoms. The van der Waals surface area contributed by atoms with Crippen molar-refractivity contribution in [1.82, 2.24) is 10.2 Å². The summed E-state index contributed by atoms with van der Waals surface area (Å²) in [5, 5.41) is 6.34. The third kappa shape index (κ3) is 4.96. The lowest BCUT2D eigenvalue weighted by Crippen LogP contribution is -2.41. The van der Waals surface area contributed by atoms with Gasteiger partial charge in [-0.05, 0) is 28.8 Å². The molecule has 0 amide bonds. The van der Waals surface area contributed by atoms with Crippen LogP contribution in [0.5, 0.6) is 5.75 Å². The largest absolute Gasteiger partial charge is 0.496 e. The standard InChI is InChI=1S/C25H30N2O2/c1-28-24-12-11-21-9-5-6-10-22(21)25(24)23(19-20-7-3-2-4-8-20)26-13-14-27-15-17-29-18-16-27/h2-12,23,26H,13-19H2,1H3. The van der Waals surface area contributed by atoms with E-state index in [1.807, 2.05) is 0 Å². The molecular formula is C25H30N2O2. The van der Waals surface area contributed by atoms with Crippen molar-refractivity contribution in [3.63, 3.8) is 0 Å². The monoisotopic (exact) mass is 390 g/mol. The van der Waals surface area contributed by atoms with Crippen LogP contribution in [0, 0.1) is 0 Å². The van der Waals surface area contributed by atoms with Gasteiger partial charge in [0.15, 0.2) is 0 Å². The van der Waals surface area contributed by atoms with Gasteiger partial charge >= 0.3 is 0 Å². The first-order valence-corrected chi connectivity index (χ1v) is 10.5. The zero-order valence-corrected chi connectivity index (χ0v) is 17.1. The number of hydrogen-bond acceptors (Lipinski definition) is 4. The van der Waals surface area contributed by atoms with Crippen LogP contribution in [-0.2, 0) is 11.2 Å². The first-order chi connectivity index (χ1) is 14.3. The molecule has 1 unspecified atom stereocenters. The molecule has 4 rings (SSSR count). The van der Waals surface area contributed by atoms with Crippen molar-refractivity contribution in [3.05, 3.63) is 77.9 Å². The molecule has 0 aliphatic carbocycles. The fourth-order valence-corrected chi connectivity index (χ4v) is 4.16. The molecule has 152 valence electrons. The number of rotatable bonds is 8. The summed E-state index contributed by atoms with van der Waals surface area (Å²) in [5.41, 5.74) is 2.57. The Morgan fingerprint density at radius 2 is 1.72 bits per heavy atom. The third-order valence-electron chi connectivity index (χ3n) is 5.70. The Balaban J connectivity index is 1.61. The number of hydrogen-bond donors (Lipinski definition) is 1. The van der Waals surface area contributed by atoms with Crippen LogP contribution in [0.3, 0.4) is 0 Å².